The lowest BCUT2D eigenvalue weighted by molar-refractivity contribution is 0.442. The van der Waals surface area contributed by atoms with Gasteiger partial charge in [-0.15, -0.1) is 0 Å². The van der Waals surface area contributed by atoms with Crippen LogP contribution in [-0.4, -0.2) is 107 Å². The third-order valence-electron chi connectivity index (χ3n) is 8.74. The van der Waals surface area contributed by atoms with Gasteiger partial charge in [0, 0.05) is 130 Å². The molecule has 0 saturated heterocycles. The maximum absolute atomic E-state index is 6.16. The van der Waals surface area contributed by atoms with Gasteiger partial charge in [0.05, 0.1) is 0 Å². The molecule has 0 aromatic heterocycles. The van der Waals surface area contributed by atoms with Crippen LogP contribution in [0.5, 0.6) is 11.5 Å². The van der Waals surface area contributed by atoms with E-state index in [4.69, 9.17) is 78.1 Å². The van der Waals surface area contributed by atoms with E-state index >= 15 is 0 Å². The normalized spacial score (nSPS) is 16.2. The molecule has 182 valence electrons. The summed E-state index contributed by atoms with van der Waals surface area (Å²) in [5, 5.41) is 0. The first-order valence-corrected chi connectivity index (χ1v) is 14.5. The second-order valence-corrected chi connectivity index (χ2v) is 11.7. The average molecular weight is 520 g/mol. The number of nitrogen functional groups attached to an aromatic ring is 2. The van der Waals surface area contributed by atoms with Crippen molar-refractivity contribution in [3.05, 3.63) is 72.3 Å². The van der Waals surface area contributed by atoms with Crippen molar-refractivity contribution in [2.24, 2.45) is 0 Å². The Kier molecular flexibility index (Phi) is 11.5. The van der Waals surface area contributed by atoms with E-state index < -0.39 is 38.3 Å². The van der Waals surface area contributed by atoms with Crippen LogP contribution in [-0.2, 0) is 0 Å². The number of ether oxygens (including phenoxy) is 1. The van der Waals surface area contributed by atoms with Crippen molar-refractivity contribution in [2.75, 3.05) is 11.5 Å². The predicted octanol–water partition coefficient (Wildman–Crippen LogP) is 0.594. The quantitative estimate of drug-likeness (QED) is 0.288. The number of anilines is 2. The molecule has 0 amide bonds. The molecule has 0 bridgehead atoms. The maximum Gasteiger partial charge on any atom is 0.131 e. The Hall–Kier alpha value is -1.97. The topological polar surface area (TPSA) is 61.3 Å². The second-order valence-electron chi connectivity index (χ2n) is 11.7. The Bertz CT molecular complexity index is 1230. The number of nitrogens with two attached hydrogens (primary N) is 2. The SMILES string of the molecule is [B]B([B])B(B([B])[B])B(B(B([B])[B])B([B])[B])C1CCC(c2ccc(-c3ccc(Oc4cc(N)cc(N)c4)cc3)cc2)CC1. The molecule has 4 rings (SSSR count). The minimum absolute atomic E-state index is 0.183. The summed E-state index contributed by atoms with van der Waals surface area (Å²) in [4.78, 5) is 0. The molecular formula is C24H25B15N2O. The molecule has 0 spiro atoms. The summed E-state index contributed by atoms with van der Waals surface area (Å²) in [6.45, 7) is -0.183. The summed E-state index contributed by atoms with van der Waals surface area (Å²) >= 11 is 0. The minimum Gasteiger partial charge on any atom is -0.457 e. The van der Waals surface area contributed by atoms with Crippen molar-refractivity contribution in [3.63, 3.8) is 0 Å². The molecule has 3 aromatic rings. The van der Waals surface area contributed by atoms with E-state index in [9.17, 15) is 0 Å². The first-order valence-electron chi connectivity index (χ1n) is 14.5. The third-order valence-corrected chi connectivity index (χ3v) is 8.74. The maximum atomic E-state index is 6.16. The third kappa shape index (κ3) is 8.14. The fraction of sp³-hybridized carbons (Fsp3) is 0.250. The van der Waals surface area contributed by atoms with Crippen molar-refractivity contribution in [2.45, 2.75) is 37.4 Å². The number of hydrogen-bond acceptors (Lipinski definition) is 3. The molecule has 4 N–H and O–H groups in total. The lowest BCUT2D eigenvalue weighted by Crippen LogP contribution is -2.75. The summed E-state index contributed by atoms with van der Waals surface area (Å²) in [6.07, 6.45) is 0.0232. The number of hydrogen-bond donors (Lipinski definition) is 2. The van der Waals surface area contributed by atoms with Crippen LogP contribution in [0.1, 0.15) is 37.2 Å². The van der Waals surface area contributed by atoms with Crippen LogP contribution in [0.15, 0.2) is 66.7 Å². The monoisotopic (exact) mass is 522 g/mol. The van der Waals surface area contributed by atoms with Crippen molar-refractivity contribution < 1.29 is 4.74 Å². The summed E-state index contributed by atoms with van der Waals surface area (Å²) < 4.78 is 5.92. The Morgan fingerprint density at radius 2 is 0.976 bits per heavy atom. The van der Waals surface area contributed by atoms with Crippen molar-refractivity contribution in [1.82, 2.24) is 0 Å². The summed E-state index contributed by atoms with van der Waals surface area (Å²) in [6, 6.07) is 21.8. The molecule has 42 heavy (non-hydrogen) atoms. The molecule has 0 unspecified atom stereocenters. The Balaban J connectivity index is 1.42. The molecule has 16 radical (unpaired) electrons. The Morgan fingerprint density at radius 1 is 0.548 bits per heavy atom. The van der Waals surface area contributed by atoms with Crippen molar-refractivity contribution in [1.29, 1.82) is 0 Å². The van der Waals surface area contributed by atoms with Crippen LogP contribution in [0.4, 0.5) is 11.4 Å². The zero-order valence-corrected chi connectivity index (χ0v) is 24.1. The molecule has 1 aliphatic rings. The highest BCUT2D eigenvalue weighted by Gasteiger charge is 2.45. The van der Waals surface area contributed by atoms with Crippen LogP contribution in [0.25, 0.3) is 11.1 Å². The van der Waals surface area contributed by atoms with Gasteiger partial charge in [-0.05, 0) is 53.6 Å². The van der Waals surface area contributed by atoms with E-state index in [2.05, 4.69) is 24.3 Å². The van der Waals surface area contributed by atoms with E-state index in [1.165, 1.54) is 5.56 Å². The molecule has 0 aliphatic heterocycles. The summed E-state index contributed by atoms with van der Waals surface area (Å²) in [5.41, 5.74) is 16.4. The lowest BCUT2D eigenvalue weighted by Gasteiger charge is -2.45. The zero-order valence-electron chi connectivity index (χ0n) is 24.1. The fourth-order valence-corrected chi connectivity index (χ4v) is 6.77. The Labute approximate surface area is 265 Å². The van der Waals surface area contributed by atoms with Crippen LogP contribution in [0.2, 0.25) is 5.82 Å². The molecule has 0 heterocycles. The molecule has 1 saturated carbocycles. The van der Waals surface area contributed by atoms with E-state index in [-0.39, 0.29) is 12.3 Å². The fourth-order valence-electron chi connectivity index (χ4n) is 6.77. The van der Waals surface area contributed by atoms with Crippen LogP contribution >= 0.6 is 0 Å². The van der Waals surface area contributed by atoms with Gasteiger partial charge in [0.15, 0.2) is 0 Å². The highest BCUT2D eigenvalue weighted by Crippen LogP contribution is 2.41. The molecular weight excluding hydrogens is 494 g/mol. The number of benzene rings is 3. The highest BCUT2D eigenvalue weighted by molar-refractivity contribution is 8.08. The molecule has 18 heteroatoms. The van der Waals surface area contributed by atoms with Crippen LogP contribution < -0.4 is 16.2 Å². The Morgan fingerprint density at radius 3 is 1.40 bits per heavy atom. The van der Waals surface area contributed by atoms with Gasteiger partial charge in [-0.25, -0.2) is 0 Å². The van der Waals surface area contributed by atoms with Gasteiger partial charge in [-0.1, -0.05) is 55.1 Å². The van der Waals surface area contributed by atoms with E-state index in [1.54, 1.807) is 18.2 Å². The van der Waals surface area contributed by atoms with Gasteiger partial charge >= 0.3 is 0 Å². The van der Waals surface area contributed by atoms with Crippen molar-refractivity contribution >= 4 is 118 Å². The van der Waals surface area contributed by atoms with Gasteiger partial charge in [0.25, 0.3) is 0 Å². The lowest BCUT2D eigenvalue weighted by atomic mass is 8.47. The zero-order chi connectivity index (χ0) is 30.6. The molecule has 1 fully saturated rings. The summed E-state index contributed by atoms with van der Waals surface area (Å²) in [7, 11) is 49.2. The van der Waals surface area contributed by atoms with Crippen molar-refractivity contribution in [3.8, 4) is 22.6 Å². The highest BCUT2D eigenvalue weighted by atomic mass is 16.5. The van der Waals surface area contributed by atoms with E-state index in [0.29, 0.717) is 28.8 Å². The molecule has 0 atom stereocenters. The molecule has 3 aromatic carbocycles. The van der Waals surface area contributed by atoms with E-state index in [0.717, 1.165) is 36.8 Å². The predicted molar refractivity (Wildman–Crippen MR) is 198 cm³/mol. The first-order chi connectivity index (χ1) is 19.9. The largest absolute Gasteiger partial charge is 0.457 e. The van der Waals surface area contributed by atoms with Gasteiger partial charge in [0.2, 0.25) is 0 Å². The van der Waals surface area contributed by atoms with Gasteiger partial charge in [0.1, 0.15) is 11.5 Å². The molecule has 3 nitrogen and oxygen atoms in total. The average Bonchev–Trinajstić information content (AvgIpc) is 2.92. The smallest absolute Gasteiger partial charge is 0.131 e. The van der Waals surface area contributed by atoms with Gasteiger partial charge in [-0.2, -0.15) is 0 Å². The van der Waals surface area contributed by atoms with Gasteiger partial charge in [-0.3, -0.25) is 0 Å². The number of rotatable bonds is 11. The van der Waals surface area contributed by atoms with Crippen LogP contribution in [0, 0.1) is 0 Å². The first kappa shape index (κ1) is 32.9. The van der Waals surface area contributed by atoms with Crippen LogP contribution in [0.3, 0.4) is 0 Å². The van der Waals surface area contributed by atoms with Gasteiger partial charge < -0.3 is 16.2 Å². The standard InChI is InChI=1S/C24H25B15N2O/c25-34(26)38(35(27)28)33(39(36(29)30)37(31)32)20-9-5-18(6-10-20)16-1-3-17(4-2-16)19-7-11-23(12-8-19)42-24-14-21(40)13-22(41)15-24/h1-4,7-8,11-15,18,20H,5-6,9-10,40-41H2. The second kappa shape index (κ2) is 14.7. The van der Waals surface area contributed by atoms with E-state index in [1.807, 2.05) is 24.3 Å². The molecule has 1 aliphatic carbocycles. The summed E-state index contributed by atoms with van der Waals surface area (Å²) in [5.74, 6) is 1.93. The minimum atomic E-state index is -0.739.